The Morgan fingerprint density at radius 2 is 2.24 bits per heavy atom. The number of hydrogen-bond acceptors (Lipinski definition) is 2. The van der Waals surface area contributed by atoms with Gasteiger partial charge in [0.1, 0.15) is 5.60 Å². The van der Waals surface area contributed by atoms with E-state index in [-0.39, 0.29) is 12.5 Å². The summed E-state index contributed by atoms with van der Waals surface area (Å²) in [7, 11) is 0. The lowest BCUT2D eigenvalue weighted by atomic mass is 9.84. The number of amides is 1. The molecule has 1 fully saturated rings. The number of carbonyl (C=O) groups excluding carboxylic acids is 1. The lowest BCUT2D eigenvalue weighted by Gasteiger charge is -2.32. The number of terminal acetylenes is 1. The van der Waals surface area contributed by atoms with Crippen LogP contribution in [0.25, 0.3) is 0 Å². The predicted molar refractivity (Wildman–Crippen MR) is 64.3 cm³/mol. The van der Waals surface area contributed by atoms with Crippen LogP contribution in [0, 0.1) is 12.3 Å². The summed E-state index contributed by atoms with van der Waals surface area (Å²) in [6, 6.07) is -0.236. The van der Waals surface area contributed by atoms with E-state index in [1.54, 1.807) is 20.8 Å². The second kappa shape index (κ2) is 4.95. The highest BCUT2D eigenvalue weighted by atomic mass is 19.1. The Bertz CT molecular complexity index is 329. The van der Waals surface area contributed by atoms with Crippen molar-refractivity contribution in [3.63, 3.8) is 0 Å². The average Bonchev–Trinajstić information content (AvgIpc) is 2.14. The van der Waals surface area contributed by atoms with E-state index >= 15 is 0 Å². The third-order valence-electron chi connectivity index (χ3n) is 2.68. The van der Waals surface area contributed by atoms with Gasteiger partial charge in [-0.1, -0.05) is 5.92 Å². The van der Waals surface area contributed by atoms with E-state index in [1.165, 1.54) is 0 Å². The molecule has 0 aromatic heterocycles. The smallest absolute Gasteiger partial charge is 0.407 e. The fourth-order valence-electron chi connectivity index (χ4n) is 1.95. The Hall–Kier alpha value is -1.24. The molecule has 1 aliphatic rings. The van der Waals surface area contributed by atoms with Gasteiger partial charge >= 0.3 is 6.09 Å². The molecule has 0 spiro atoms. The topological polar surface area (TPSA) is 38.3 Å². The van der Waals surface area contributed by atoms with Crippen LogP contribution in [0.1, 0.15) is 46.5 Å². The molecule has 2 atom stereocenters. The minimum atomic E-state index is -1.59. The Morgan fingerprint density at radius 1 is 1.59 bits per heavy atom. The van der Waals surface area contributed by atoms with Gasteiger partial charge in [0, 0.05) is 12.5 Å². The van der Waals surface area contributed by atoms with E-state index in [0.717, 1.165) is 6.42 Å². The highest BCUT2D eigenvalue weighted by Gasteiger charge is 2.35. The van der Waals surface area contributed by atoms with Gasteiger partial charge in [-0.2, -0.15) is 0 Å². The molecule has 1 saturated carbocycles. The summed E-state index contributed by atoms with van der Waals surface area (Å²) in [6.45, 7) is 5.36. The summed E-state index contributed by atoms with van der Waals surface area (Å²) in [5.74, 6) is 2.17. The van der Waals surface area contributed by atoms with Crippen molar-refractivity contribution in [2.24, 2.45) is 0 Å². The van der Waals surface area contributed by atoms with Crippen molar-refractivity contribution in [3.8, 4) is 12.3 Å². The minimum absolute atomic E-state index is 0.169. The zero-order chi connectivity index (χ0) is 13.1. The molecule has 1 aliphatic carbocycles. The van der Waals surface area contributed by atoms with Crippen LogP contribution in [0.4, 0.5) is 9.18 Å². The Kier molecular flexibility index (Phi) is 4.03. The van der Waals surface area contributed by atoms with Crippen molar-refractivity contribution in [3.05, 3.63) is 0 Å². The van der Waals surface area contributed by atoms with Crippen molar-refractivity contribution < 1.29 is 13.9 Å². The van der Waals surface area contributed by atoms with Crippen LogP contribution in [-0.4, -0.2) is 23.4 Å². The molecule has 1 N–H and O–H groups in total. The average molecular weight is 241 g/mol. The summed E-state index contributed by atoms with van der Waals surface area (Å²) < 4.78 is 19.0. The summed E-state index contributed by atoms with van der Waals surface area (Å²) in [5, 5.41) is 2.67. The fraction of sp³-hybridized carbons (Fsp3) is 0.769. The van der Waals surface area contributed by atoms with Crippen LogP contribution < -0.4 is 5.32 Å². The highest BCUT2D eigenvalue weighted by Crippen LogP contribution is 2.31. The van der Waals surface area contributed by atoms with Crippen molar-refractivity contribution >= 4 is 6.09 Å². The van der Waals surface area contributed by atoms with Crippen LogP contribution in [-0.2, 0) is 4.74 Å². The van der Waals surface area contributed by atoms with Crippen molar-refractivity contribution in [2.75, 3.05) is 0 Å². The maximum absolute atomic E-state index is 13.9. The van der Waals surface area contributed by atoms with E-state index in [9.17, 15) is 9.18 Å². The molecule has 1 rings (SSSR count). The van der Waals surface area contributed by atoms with E-state index in [1.807, 2.05) is 0 Å². The lowest BCUT2D eigenvalue weighted by Crippen LogP contribution is -2.45. The number of hydrogen-bond donors (Lipinski definition) is 1. The molecular formula is C13H20FNO2. The van der Waals surface area contributed by atoms with Gasteiger partial charge in [-0.3, -0.25) is 0 Å². The summed E-state index contributed by atoms with van der Waals surface area (Å²) in [4.78, 5) is 11.5. The van der Waals surface area contributed by atoms with Gasteiger partial charge in [0.2, 0.25) is 0 Å². The largest absolute Gasteiger partial charge is 0.444 e. The molecule has 2 unspecified atom stereocenters. The molecular weight excluding hydrogens is 221 g/mol. The molecule has 3 nitrogen and oxygen atoms in total. The summed E-state index contributed by atoms with van der Waals surface area (Å²) >= 11 is 0. The predicted octanol–water partition coefficient (Wildman–Crippen LogP) is 2.80. The molecule has 96 valence electrons. The molecule has 4 heteroatoms. The normalized spacial score (nSPS) is 29.2. The lowest BCUT2D eigenvalue weighted by molar-refractivity contribution is 0.0462. The van der Waals surface area contributed by atoms with Crippen LogP contribution in [0.2, 0.25) is 0 Å². The van der Waals surface area contributed by atoms with Crippen molar-refractivity contribution in [2.45, 2.75) is 63.8 Å². The number of ether oxygens (including phenoxy) is 1. The molecule has 0 heterocycles. The van der Waals surface area contributed by atoms with Gasteiger partial charge in [-0.05, 0) is 40.0 Å². The molecule has 0 aliphatic heterocycles. The molecule has 17 heavy (non-hydrogen) atoms. The molecule has 0 saturated heterocycles. The first-order chi connectivity index (χ1) is 7.74. The van der Waals surface area contributed by atoms with Gasteiger partial charge in [0.25, 0.3) is 0 Å². The highest BCUT2D eigenvalue weighted by molar-refractivity contribution is 5.68. The number of alkyl carbamates (subject to hydrolysis) is 1. The Morgan fingerprint density at radius 3 is 2.76 bits per heavy atom. The first kappa shape index (κ1) is 13.8. The Balaban J connectivity index is 2.48. The van der Waals surface area contributed by atoms with E-state index in [0.29, 0.717) is 12.8 Å². The third kappa shape index (κ3) is 4.64. The minimum Gasteiger partial charge on any atom is -0.444 e. The molecule has 1 amide bonds. The van der Waals surface area contributed by atoms with Crippen molar-refractivity contribution in [1.82, 2.24) is 5.32 Å². The van der Waals surface area contributed by atoms with Gasteiger partial charge in [0.15, 0.2) is 5.67 Å². The van der Waals surface area contributed by atoms with Gasteiger partial charge in [-0.25, -0.2) is 9.18 Å². The van der Waals surface area contributed by atoms with E-state index < -0.39 is 17.4 Å². The summed E-state index contributed by atoms with van der Waals surface area (Å²) in [6.07, 6.45) is 6.62. The second-order valence-corrected chi connectivity index (χ2v) is 5.55. The SMILES string of the molecule is C#CC1(F)CCCC(NC(=O)OC(C)(C)C)C1. The Labute approximate surface area is 102 Å². The van der Waals surface area contributed by atoms with Crippen LogP contribution >= 0.6 is 0 Å². The van der Waals surface area contributed by atoms with Crippen molar-refractivity contribution in [1.29, 1.82) is 0 Å². The maximum atomic E-state index is 13.9. The number of nitrogens with one attached hydrogen (secondary N) is 1. The summed E-state index contributed by atoms with van der Waals surface area (Å²) in [5.41, 5.74) is -2.13. The van der Waals surface area contributed by atoms with Gasteiger partial charge < -0.3 is 10.1 Å². The second-order valence-electron chi connectivity index (χ2n) is 5.55. The van der Waals surface area contributed by atoms with Crippen LogP contribution in [0.3, 0.4) is 0 Å². The van der Waals surface area contributed by atoms with Gasteiger partial charge in [-0.15, -0.1) is 6.42 Å². The van der Waals surface area contributed by atoms with E-state index in [2.05, 4.69) is 11.2 Å². The quantitative estimate of drug-likeness (QED) is 0.717. The standard InChI is InChI=1S/C13H20FNO2/c1-5-13(14)8-6-7-10(9-13)15-11(16)17-12(2,3)4/h1,10H,6-9H2,2-4H3,(H,15,16). The maximum Gasteiger partial charge on any atom is 0.407 e. The molecule has 0 bridgehead atoms. The third-order valence-corrected chi connectivity index (χ3v) is 2.68. The first-order valence-electron chi connectivity index (χ1n) is 5.90. The number of alkyl halides is 1. The molecule has 0 aromatic carbocycles. The fourth-order valence-corrected chi connectivity index (χ4v) is 1.95. The zero-order valence-electron chi connectivity index (χ0n) is 10.7. The molecule has 0 aromatic rings. The number of halogens is 1. The number of rotatable bonds is 1. The first-order valence-corrected chi connectivity index (χ1v) is 5.90. The van der Waals surface area contributed by atoms with Crippen LogP contribution in [0.5, 0.6) is 0 Å². The van der Waals surface area contributed by atoms with Crippen LogP contribution in [0.15, 0.2) is 0 Å². The number of carbonyl (C=O) groups is 1. The van der Waals surface area contributed by atoms with Gasteiger partial charge in [0.05, 0.1) is 0 Å². The monoisotopic (exact) mass is 241 g/mol. The molecule has 0 radical (unpaired) electrons. The zero-order valence-corrected chi connectivity index (χ0v) is 10.7. The van der Waals surface area contributed by atoms with E-state index in [4.69, 9.17) is 11.2 Å².